The van der Waals surface area contributed by atoms with Gasteiger partial charge in [0.15, 0.2) is 5.78 Å². The van der Waals surface area contributed by atoms with Gasteiger partial charge in [0.2, 0.25) is 0 Å². The Bertz CT molecular complexity index is 578. The van der Waals surface area contributed by atoms with Crippen molar-refractivity contribution in [3.8, 4) is 5.75 Å². The zero-order chi connectivity index (χ0) is 13.1. The number of nitrogens with zero attached hydrogens (tertiary/aromatic N) is 1. The smallest absolute Gasteiger partial charge is 0.171 e. The van der Waals surface area contributed by atoms with Crippen LogP contribution in [0.4, 0.5) is 5.69 Å². The second kappa shape index (κ2) is 5.18. The molecule has 0 atom stereocenters. The van der Waals surface area contributed by atoms with Crippen molar-refractivity contribution >= 4 is 22.8 Å². The van der Waals surface area contributed by atoms with Gasteiger partial charge in [-0.05, 0) is 25.1 Å². The maximum Gasteiger partial charge on any atom is 0.171 e. The van der Waals surface area contributed by atoms with E-state index in [2.05, 4.69) is 4.98 Å². The standard InChI is InChI=1S/C13H14N2O2S/c1-8-7-18-13(15-8)6-12(16)10-5-9(17-2)3-4-11(10)14/h3-5,7H,6,14H2,1-2H3. The van der Waals surface area contributed by atoms with Crippen molar-refractivity contribution in [3.05, 3.63) is 39.8 Å². The van der Waals surface area contributed by atoms with Crippen molar-refractivity contribution in [1.82, 2.24) is 4.98 Å². The molecule has 0 bridgehead atoms. The predicted octanol–water partition coefficient (Wildman–Crippen LogP) is 2.47. The van der Waals surface area contributed by atoms with E-state index in [0.717, 1.165) is 10.7 Å². The van der Waals surface area contributed by atoms with E-state index >= 15 is 0 Å². The monoisotopic (exact) mass is 262 g/mol. The molecule has 1 heterocycles. The van der Waals surface area contributed by atoms with Crippen molar-refractivity contribution in [3.63, 3.8) is 0 Å². The number of carbonyl (C=O) groups is 1. The van der Waals surface area contributed by atoms with Crippen LogP contribution in [0.1, 0.15) is 21.1 Å². The lowest BCUT2D eigenvalue weighted by molar-refractivity contribution is 0.0993. The Morgan fingerprint density at radius 2 is 2.28 bits per heavy atom. The predicted molar refractivity (Wildman–Crippen MR) is 72.3 cm³/mol. The summed E-state index contributed by atoms with van der Waals surface area (Å²) in [5.74, 6) is 0.587. The third-order valence-electron chi connectivity index (χ3n) is 2.54. The Morgan fingerprint density at radius 1 is 1.50 bits per heavy atom. The summed E-state index contributed by atoms with van der Waals surface area (Å²) in [5, 5.41) is 2.73. The maximum absolute atomic E-state index is 12.1. The Balaban J connectivity index is 2.23. The van der Waals surface area contributed by atoms with Crippen LogP contribution in [0.3, 0.4) is 0 Å². The van der Waals surface area contributed by atoms with E-state index in [0.29, 0.717) is 17.0 Å². The van der Waals surface area contributed by atoms with Gasteiger partial charge >= 0.3 is 0 Å². The molecule has 0 unspecified atom stereocenters. The number of methoxy groups -OCH3 is 1. The number of thiazole rings is 1. The molecular weight excluding hydrogens is 248 g/mol. The van der Waals surface area contributed by atoms with Crippen LogP contribution in [0.15, 0.2) is 23.6 Å². The number of hydrogen-bond acceptors (Lipinski definition) is 5. The number of aryl methyl sites for hydroxylation is 1. The highest BCUT2D eigenvalue weighted by atomic mass is 32.1. The van der Waals surface area contributed by atoms with Crippen LogP contribution >= 0.6 is 11.3 Å². The lowest BCUT2D eigenvalue weighted by Gasteiger charge is -2.06. The van der Waals surface area contributed by atoms with Crippen molar-refractivity contribution in [2.45, 2.75) is 13.3 Å². The van der Waals surface area contributed by atoms with E-state index in [1.807, 2.05) is 12.3 Å². The van der Waals surface area contributed by atoms with Gasteiger partial charge in [0, 0.05) is 22.3 Å². The fourth-order valence-electron chi connectivity index (χ4n) is 1.62. The summed E-state index contributed by atoms with van der Waals surface area (Å²) in [7, 11) is 1.56. The van der Waals surface area contributed by atoms with Gasteiger partial charge in [-0.1, -0.05) is 0 Å². The second-order valence-corrected chi connectivity index (χ2v) is 4.88. The van der Waals surface area contributed by atoms with Crippen LogP contribution in [0, 0.1) is 6.92 Å². The van der Waals surface area contributed by atoms with Crippen LogP contribution in [-0.2, 0) is 6.42 Å². The highest BCUT2D eigenvalue weighted by Gasteiger charge is 2.13. The number of rotatable bonds is 4. The highest BCUT2D eigenvalue weighted by molar-refractivity contribution is 7.09. The number of carbonyl (C=O) groups excluding carboxylic acids is 1. The Labute approximate surface area is 109 Å². The van der Waals surface area contributed by atoms with Gasteiger partial charge in [-0.15, -0.1) is 11.3 Å². The summed E-state index contributed by atoms with van der Waals surface area (Å²) in [6.07, 6.45) is 0.274. The van der Waals surface area contributed by atoms with Crippen LogP contribution in [0.25, 0.3) is 0 Å². The van der Waals surface area contributed by atoms with Gasteiger partial charge in [0.05, 0.1) is 13.5 Å². The molecular formula is C13H14N2O2S. The molecule has 0 amide bonds. The minimum atomic E-state index is -0.0410. The minimum Gasteiger partial charge on any atom is -0.497 e. The summed E-state index contributed by atoms with van der Waals surface area (Å²) in [5.41, 5.74) is 7.70. The van der Waals surface area contributed by atoms with Gasteiger partial charge in [-0.2, -0.15) is 0 Å². The van der Waals surface area contributed by atoms with Crippen LogP contribution < -0.4 is 10.5 Å². The number of ketones is 1. The molecule has 2 aromatic rings. The van der Waals surface area contributed by atoms with Crippen molar-refractivity contribution < 1.29 is 9.53 Å². The second-order valence-electron chi connectivity index (χ2n) is 3.94. The normalized spacial score (nSPS) is 10.3. The Kier molecular flexibility index (Phi) is 3.62. The number of hydrogen-bond donors (Lipinski definition) is 1. The van der Waals surface area contributed by atoms with Gasteiger partial charge in [-0.3, -0.25) is 4.79 Å². The molecule has 1 aromatic carbocycles. The van der Waals surface area contributed by atoms with Crippen LogP contribution in [-0.4, -0.2) is 17.9 Å². The molecule has 1 aromatic heterocycles. The molecule has 18 heavy (non-hydrogen) atoms. The number of anilines is 1. The fourth-order valence-corrected chi connectivity index (χ4v) is 2.39. The Morgan fingerprint density at radius 3 is 2.89 bits per heavy atom. The molecule has 0 aliphatic carbocycles. The first kappa shape index (κ1) is 12.6. The molecule has 0 radical (unpaired) electrons. The maximum atomic E-state index is 12.1. The molecule has 0 aliphatic heterocycles. The molecule has 0 saturated heterocycles. The average Bonchev–Trinajstić information content (AvgIpc) is 2.75. The van der Waals surface area contributed by atoms with Crippen LogP contribution in [0.2, 0.25) is 0 Å². The fraction of sp³-hybridized carbons (Fsp3) is 0.231. The number of nitrogens with two attached hydrogens (primary N) is 1. The number of nitrogen functional groups attached to an aromatic ring is 1. The number of Topliss-reactive ketones (excluding diaryl/α,β-unsaturated/α-hetero) is 1. The zero-order valence-corrected chi connectivity index (χ0v) is 11.1. The molecule has 0 saturated carbocycles. The lowest BCUT2D eigenvalue weighted by Crippen LogP contribution is -2.07. The number of benzene rings is 1. The first-order valence-corrected chi connectivity index (χ1v) is 6.36. The Hall–Kier alpha value is -1.88. The van der Waals surface area contributed by atoms with Crippen LogP contribution in [0.5, 0.6) is 5.75 Å². The molecule has 2 N–H and O–H groups in total. The molecule has 0 aliphatic rings. The zero-order valence-electron chi connectivity index (χ0n) is 10.3. The molecule has 2 rings (SSSR count). The molecule has 94 valence electrons. The largest absolute Gasteiger partial charge is 0.497 e. The molecule has 5 heteroatoms. The van der Waals surface area contributed by atoms with Gasteiger partial charge < -0.3 is 10.5 Å². The van der Waals surface area contributed by atoms with Crippen molar-refractivity contribution in [1.29, 1.82) is 0 Å². The number of ether oxygens (including phenoxy) is 1. The minimum absolute atomic E-state index is 0.0410. The third-order valence-corrected chi connectivity index (χ3v) is 3.51. The highest BCUT2D eigenvalue weighted by Crippen LogP contribution is 2.22. The molecule has 0 fully saturated rings. The third kappa shape index (κ3) is 2.68. The van der Waals surface area contributed by atoms with E-state index in [4.69, 9.17) is 10.5 Å². The topological polar surface area (TPSA) is 65.2 Å². The summed E-state index contributed by atoms with van der Waals surface area (Å²) < 4.78 is 5.09. The van der Waals surface area contributed by atoms with Crippen molar-refractivity contribution in [2.75, 3.05) is 12.8 Å². The number of aromatic nitrogens is 1. The first-order chi connectivity index (χ1) is 8.60. The SMILES string of the molecule is COc1ccc(N)c(C(=O)Cc2nc(C)cs2)c1. The first-order valence-electron chi connectivity index (χ1n) is 5.48. The van der Waals surface area contributed by atoms with E-state index in [1.54, 1.807) is 25.3 Å². The molecule has 4 nitrogen and oxygen atoms in total. The summed E-state index contributed by atoms with van der Waals surface area (Å²) in [4.78, 5) is 16.4. The van der Waals surface area contributed by atoms with Gasteiger partial charge in [0.25, 0.3) is 0 Å². The summed E-state index contributed by atoms with van der Waals surface area (Å²) >= 11 is 1.48. The van der Waals surface area contributed by atoms with E-state index in [-0.39, 0.29) is 12.2 Å². The van der Waals surface area contributed by atoms with E-state index in [9.17, 15) is 4.79 Å². The van der Waals surface area contributed by atoms with Gasteiger partial charge in [-0.25, -0.2) is 4.98 Å². The van der Waals surface area contributed by atoms with E-state index < -0.39 is 0 Å². The summed E-state index contributed by atoms with van der Waals surface area (Å²) in [6.45, 7) is 1.91. The van der Waals surface area contributed by atoms with Crippen molar-refractivity contribution in [2.24, 2.45) is 0 Å². The van der Waals surface area contributed by atoms with Gasteiger partial charge in [0.1, 0.15) is 10.8 Å². The molecule has 0 spiro atoms. The quantitative estimate of drug-likeness (QED) is 0.679. The van der Waals surface area contributed by atoms with E-state index in [1.165, 1.54) is 11.3 Å². The lowest BCUT2D eigenvalue weighted by atomic mass is 10.1. The average molecular weight is 262 g/mol. The summed E-state index contributed by atoms with van der Waals surface area (Å²) in [6, 6.07) is 5.08.